The number of anilines is 2. The SMILES string of the molecule is O=C1COc2ncc(N3CC4(CCN(CC5Cc6cc7nc([C@@H]8CCN8)oc7c(F)c6C5)CC4)OC3=O)nc2N1. The molecule has 1 aromatic carbocycles. The fourth-order valence-electron chi connectivity index (χ4n) is 6.54. The molecule has 2 N–H and O–H groups in total. The highest BCUT2D eigenvalue weighted by atomic mass is 19.1. The highest BCUT2D eigenvalue weighted by Crippen LogP contribution is 2.39. The van der Waals surface area contributed by atoms with Crippen molar-refractivity contribution in [1.29, 1.82) is 0 Å². The number of hydrogen-bond acceptors (Lipinski definition) is 10. The number of aromatic nitrogens is 3. The first-order valence-electron chi connectivity index (χ1n) is 13.8. The molecule has 2 amide bonds. The van der Waals surface area contributed by atoms with Crippen molar-refractivity contribution in [2.24, 2.45) is 5.92 Å². The van der Waals surface area contributed by atoms with Crippen molar-refractivity contribution in [3.8, 4) is 5.88 Å². The predicted molar refractivity (Wildman–Crippen MR) is 139 cm³/mol. The van der Waals surface area contributed by atoms with Crippen LogP contribution in [-0.4, -0.2) is 76.8 Å². The maximum Gasteiger partial charge on any atom is 0.416 e. The summed E-state index contributed by atoms with van der Waals surface area (Å²) >= 11 is 0. The Morgan fingerprint density at radius 3 is 2.83 bits per heavy atom. The van der Waals surface area contributed by atoms with Crippen LogP contribution >= 0.6 is 0 Å². The van der Waals surface area contributed by atoms with Gasteiger partial charge in [-0.2, -0.15) is 0 Å². The third-order valence-electron chi connectivity index (χ3n) is 8.81. The molecule has 0 radical (unpaired) electrons. The Balaban J connectivity index is 0.905. The van der Waals surface area contributed by atoms with Crippen LogP contribution in [0.1, 0.15) is 42.3 Å². The molecule has 2 atom stereocenters. The van der Waals surface area contributed by atoms with Crippen LogP contribution in [0.3, 0.4) is 0 Å². The molecule has 3 aromatic rings. The van der Waals surface area contributed by atoms with E-state index in [4.69, 9.17) is 13.9 Å². The molecule has 208 valence electrons. The molecule has 4 aliphatic heterocycles. The van der Waals surface area contributed by atoms with Crippen molar-refractivity contribution < 1.29 is 27.9 Å². The van der Waals surface area contributed by atoms with Crippen LogP contribution in [0, 0.1) is 11.7 Å². The average molecular weight is 550 g/mol. The second-order valence-electron chi connectivity index (χ2n) is 11.5. The number of oxazole rings is 1. The number of carbonyl (C=O) groups excluding carboxylic acids is 2. The van der Waals surface area contributed by atoms with E-state index in [1.54, 1.807) is 0 Å². The monoisotopic (exact) mass is 549 g/mol. The number of fused-ring (bicyclic) bond motifs is 3. The highest BCUT2D eigenvalue weighted by molar-refractivity contribution is 5.94. The fraction of sp³-hybridized carbons (Fsp3) is 0.519. The van der Waals surface area contributed by atoms with Gasteiger partial charge in [0.25, 0.3) is 11.8 Å². The minimum atomic E-state index is -0.598. The smallest absolute Gasteiger partial charge is 0.416 e. The van der Waals surface area contributed by atoms with Crippen LogP contribution in [0.4, 0.5) is 20.8 Å². The molecule has 5 aliphatic rings. The summed E-state index contributed by atoms with van der Waals surface area (Å²) < 4.78 is 32.3. The number of likely N-dealkylation sites (tertiary alicyclic amines) is 1. The third kappa shape index (κ3) is 3.90. The summed E-state index contributed by atoms with van der Waals surface area (Å²) in [5, 5.41) is 5.88. The van der Waals surface area contributed by atoms with Gasteiger partial charge in [0.15, 0.2) is 29.6 Å². The number of nitrogens with one attached hydrogen (secondary N) is 2. The molecule has 13 heteroatoms. The standard InChI is InChI=1S/C27H28FN7O5/c28-21-16-8-14(7-15(16)9-18-22(21)39-24(31-18)17-1-4-29-17)11-34-5-2-27(3-6-34)13-35(26(37)40-27)19-10-30-25-23(32-19)33-20(36)12-38-25/h9-10,14,17,29H,1-8,11-13H2,(H,32,33,36)/t14?,17-/m0/s1. The number of carbonyl (C=O) groups is 2. The van der Waals surface area contributed by atoms with Gasteiger partial charge in [-0.25, -0.2) is 24.1 Å². The number of halogens is 1. The molecule has 1 unspecified atom stereocenters. The van der Waals surface area contributed by atoms with Gasteiger partial charge < -0.3 is 29.4 Å². The summed E-state index contributed by atoms with van der Waals surface area (Å²) in [5.41, 5.74) is 2.06. The van der Waals surface area contributed by atoms with Crippen molar-refractivity contribution in [3.05, 3.63) is 35.1 Å². The Morgan fingerprint density at radius 2 is 2.02 bits per heavy atom. The largest absolute Gasteiger partial charge is 0.465 e. The zero-order valence-corrected chi connectivity index (χ0v) is 21.7. The van der Waals surface area contributed by atoms with E-state index in [1.807, 2.05) is 6.07 Å². The van der Waals surface area contributed by atoms with Crippen molar-refractivity contribution >= 4 is 34.7 Å². The summed E-state index contributed by atoms with van der Waals surface area (Å²) in [7, 11) is 0. The van der Waals surface area contributed by atoms with Gasteiger partial charge in [-0.3, -0.25) is 9.69 Å². The fourth-order valence-corrected chi connectivity index (χ4v) is 6.54. The lowest BCUT2D eigenvalue weighted by Crippen LogP contribution is -2.48. The number of benzene rings is 1. The second kappa shape index (κ2) is 8.83. The van der Waals surface area contributed by atoms with Crippen LogP contribution in [0.25, 0.3) is 11.1 Å². The minimum absolute atomic E-state index is 0.0891. The topological polar surface area (TPSA) is 135 Å². The first kappa shape index (κ1) is 24.0. The van der Waals surface area contributed by atoms with Crippen molar-refractivity contribution in [3.63, 3.8) is 0 Å². The van der Waals surface area contributed by atoms with E-state index in [-0.39, 0.29) is 41.7 Å². The lowest BCUT2D eigenvalue weighted by atomic mass is 9.90. The molecular formula is C27H28FN7O5. The maximum absolute atomic E-state index is 15.4. The van der Waals surface area contributed by atoms with Crippen molar-refractivity contribution in [2.75, 3.05) is 49.5 Å². The molecule has 0 bridgehead atoms. The Labute approximate surface area is 228 Å². The number of hydrogen-bond donors (Lipinski definition) is 2. The van der Waals surface area contributed by atoms with E-state index in [9.17, 15) is 9.59 Å². The molecule has 3 saturated heterocycles. The highest BCUT2D eigenvalue weighted by Gasteiger charge is 2.48. The minimum Gasteiger partial charge on any atom is -0.465 e. The molecule has 8 rings (SSSR count). The van der Waals surface area contributed by atoms with Gasteiger partial charge in [0.2, 0.25) is 5.89 Å². The molecular weight excluding hydrogens is 521 g/mol. The Morgan fingerprint density at radius 1 is 1.18 bits per heavy atom. The first-order chi connectivity index (χ1) is 19.4. The summed E-state index contributed by atoms with van der Waals surface area (Å²) in [4.78, 5) is 41.4. The summed E-state index contributed by atoms with van der Waals surface area (Å²) in [6.45, 7) is 3.59. The normalized spacial score (nSPS) is 25.4. The second-order valence-corrected chi connectivity index (χ2v) is 11.5. The van der Waals surface area contributed by atoms with Gasteiger partial charge in [-0.1, -0.05) is 0 Å². The van der Waals surface area contributed by atoms with E-state index in [0.29, 0.717) is 49.0 Å². The predicted octanol–water partition coefficient (Wildman–Crippen LogP) is 2.33. The molecule has 3 fully saturated rings. The van der Waals surface area contributed by atoms with Crippen LogP contribution in [0.15, 0.2) is 16.7 Å². The lowest BCUT2D eigenvalue weighted by molar-refractivity contribution is -0.118. The van der Waals surface area contributed by atoms with E-state index in [0.717, 1.165) is 50.1 Å². The van der Waals surface area contributed by atoms with Crippen LogP contribution in [-0.2, 0) is 22.4 Å². The average Bonchev–Trinajstić information content (AvgIpc) is 3.60. The number of ether oxygens (including phenoxy) is 2. The zero-order chi connectivity index (χ0) is 27.0. The van der Waals surface area contributed by atoms with Crippen molar-refractivity contribution in [2.45, 2.75) is 43.7 Å². The number of amides is 2. The van der Waals surface area contributed by atoms with E-state index < -0.39 is 11.7 Å². The molecule has 12 nitrogen and oxygen atoms in total. The number of piperidine rings is 1. The molecule has 40 heavy (non-hydrogen) atoms. The van der Waals surface area contributed by atoms with Crippen LogP contribution < -0.4 is 20.3 Å². The van der Waals surface area contributed by atoms with Gasteiger partial charge in [-0.15, -0.1) is 0 Å². The number of rotatable bonds is 4. The van der Waals surface area contributed by atoms with Gasteiger partial charge >= 0.3 is 6.09 Å². The molecule has 1 spiro atoms. The molecule has 1 aliphatic carbocycles. The summed E-state index contributed by atoms with van der Waals surface area (Å²) in [6.07, 6.45) is 4.82. The first-order valence-corrected chi connectivity index (χ1v) is 13.8. The van der Waals surface area contributed by atoms with Crippen molar-refractivity contribution in [1.82, 2.24) is 25.2 Å². The Kier molecular flexibility index (Phi) is 5.30. The van der Waals surface area contributed by atoms with E-state index in [2.05, 4.69) is 30.5 Å². The third-order valence-corrected chi connectivity index (χ3v) is 8.81. The molecule has 6 heterocycles. The summed E-state index contributed by atoms with van der Waals surface area (Å²) in [6, 6.07) is 2.09. The van der Waals surface area contributed by atoms with Crippen LogP contribution in [0.5, 0.6) is 5.88 Å². The summed E-state index contributed by atoms with van der Waals surface area (Å²) in [5.74, 6) is 1.05. The van der Waals surface area contributed by atoms with Crippen LogP contribution in [0.2, 0.25) is 0 Å². The van der Waals surface area contributed by atoms with Gasteiger partial charge in [0.1, 0.15) is 11.1 Å². The molecule has 2 aromatic heterocycles. The Hall–Kier alpha value is -3.84. The van der Waals surface area contributed by atoms with E-state index >= 15 is 4.39 Å². The number of nitrogens with zero attached hydrogens (tertiary/aromatic N) is 5. The molecule has 0 saturated carbocycles. The van der Waals surface area contributed by atoms with E-state index in [1.165, 1.54) is 11.1 Å². The Bertz CT molecular complexity index is 1550. The van der Waals surface area contributed by atoms with Gasteiger partial charge in [0.05, 0.1) is 18.8 Å². The maximum atomic E-state index is 15.4. The van der Waals surface area contributed by atoms with Gasteiger partial charge in [-0.05, 0) is 48.9 Å². The zero-order valence-electron chi connectivity index (χ0n) is 21.7. The lowest BCUT2D eigenvalue weighted by Gasteiger charge is -2.38. The van der Waals surface area contributed by atoms with Gasteiger partial charge in [0, 0.05) is 32.5 Å². The quantitative estimate of drug-likeness (QED) is 0.499.